The van der Waals surface area contributed by atoms with Gasteiger partial charge >= 0.3 is 5.97 Å². The lowest BCUT2D eigenvalue weighted by Crippen LogP contribution is -2.45. The SMILES string of the molecule is C=C(Br)CN1CCCCC1C(=O)OC. The summed E-state index contributed by atoms with van der Waals surface area (Å²) < 4.78 is 5.69. The van der Waals surface area contributed by atoms with Crippen molar-refractivity contribution < 1.29 is 9.53 Å². The molecule has 1 heterocycles. The van der Waals surface area contributed by atoms with Gasteiger partial charge in [-0.05, 0) is 19.4 Å². The highest BCUT2D eigenvalue weighted by Gasteiger charge is 2.29. The molecule has 0 spiro atoms. The molecule has 1 fully saturated rings. The summed E-state index contributed by atoms with van der Waals surface area (Å²) in [5, 5.41) is 0. The predicted octanol–water partition coefficient (Wildman–Crippen LogP) is 1.92. The Kier molecular flexibility index (Phi) is 4.62. The minimum Gasteiger partial charge on any atom is -0.468 e. The van der Waals surface area contributed by atoms with E-state index in [2.05, 4.69) is 27.4 Å². The molecule has 0 aromatic rings. The van der Waals surface area contributed by atoms with Crippen LogP contribution >= 0.6 is 15.9 Å². The molecule has 1 atom stereocenters. The van der Waals surface area contributed by atoms with Gasteiger partial charge in [0.25, 0.3) is 0 Å². The lowest BCUT2D eigenvalue weighted by atomic mass is 10.0. The average Bonchev–Trinajstić information content (AvgIpc) is 2.16. The largest absolute Gasteiger partial charge is 0.468 e. The van der Waals surface area contributed by atoms with Crippen LogP contribution in [0.25, 0.3) is 0 Å². The average molecular weight is 262 g/mol. The van der Waals surface area contributed by atoms with Crippen molar-refractivity contribution in [1.29, 1.82) is 0 Å². The van der Waals surface area contributed by atoms with E-state index in [1.807, 2.05) is 0 Å². The number of hydrogen-bond donors (Lipinski definition) is 0. The molecular formula is C10H16BrNO2. The second kappa shape index (κ2) is 5.51. The summed E-state index contributed by atoms with van der Waals surface area (Å²) in [5.41, 5.74) is 0. The van der Waals surface area contributed by atoms with Crippen LogP contribution in [0.4, 0.5) is 0 Å². The van der Waals surface area contributed by atoms with Gasteiger partial charge in [-0.3, -0.25) is 9.69 Å². The molecule has 14 heavy (non-hydrogen) atoms. The van der Waals surface area contributed by atoms with Gasteiger partial charge in [0.2, 0.25) is 0 Å². The molecule has 0 aromatic heterocycles. The Bertz CT molecular complexity index is 230. The van der Waals surface area contributed by atoms with Crippen molar-refractivity contribution in [2.75, 3.05) is 20.2 Å². The number of rotatable bonds is 3. The minimum absolute atomic E-state index is 0.0805. The molecule has 80 valence electrons. The third-order valence-electron chi connectivity index (χ3n) is 2.46. The number of nitrogens with zero attached hydrogens (tertiary/aromatic N) is 1. The van der Waals surface area contributed by atoms with Crippen molar-refractivity contribution in [3.8, 4) is 0 Å². The molecule has 0 radical (unpaired) electrons. The molecular weight excluding hydrogens is 246 g/mol. The molecule has 0 amide bonds. The number of carbonyl (C=O) groups is 1. The predicted molar refractivity (Wildman–Crippen MR) is 59.3 cm³/mol. The molecule has 1 aliphatic rings. The summed E-state index contributed by atoms with van der Waals surface area (Å²) in [5.74, 6) is -0.126. The van der Waals surface area contributed by atoms with Gasteiger partial charge in [-0.25, -0.2) is 0 Å². The van der Waals surface area contributed by atoms with E-state index >= 15 is 0 Å². The van der Waals surface area contributed by atoms with Crippen molar-refractivity contribution in [2.24, 2.45) is 0 Å². The summed E-state index contributed by atoms with van der Waals surface area (Å²) in [4.78, 5) is 13.6. The fourth-order valence-corrected chi connectivity index (χ4v) is 2.13. The number of halogens is 1. The first-order chi connectivity index (χ1) is 6.65. The number of likely N-dealkylation sites (tertiary alicyclic amines) is 1. The fraction of sp³-hybridized carbons (Fsp3) is 0.700. The van der Waals surface area contributed by atoms with Crippen molar-refractivity contribution in [3.05, 3.63) is 11.1 Å². The molecule has 0 aromatic carbocycles. The molecule has 0 saturated carbocycles. The van der Waals surface area contributed by atoms with Gasteiger partial charge in [0.05, 0.1) is 7.11 Å². The zero-order chi connectivity index (χ0) is 10.6. The summed E-state index contributed by atoms with van der Waals surface area (Å²) in [6.07, 6.45) is 3.14. The second-order valence-corrected chi connectivity index (χ2v) is 4.64. The summed E-state index contributed by atoms with van der Waals surface area (Å²) >= 11 is 3.32. The van der Waals surface area contributed by atoms with Crippen molar-refractivity contribution in [3.63, 3.8) is 0 Å². The van der Waals surface area contributed by atoms with Crippen LogP contribution < -0.4 is 0 Å². The van der Waals surface area contributed by atoms with Gasteiger partial charge in [0, 0.05) is 11.0 Å². The van der Waals surface area contributed by atoms with Gasteiger partial charge in [0.1, 0.15) is 6.04 Å². The van der Waals surface area contributed by atoms with Crippen LogP contribution in [-0.2, 0) is 9.53 Å². The van der Waals surface area contributed by atoms with E-state index in [-0.39, 0.29) is 12.0 Å². The van der Waals surface area contributed by atoms with Crippen LogP contribution in [0, 0.1) is 0 Å². The van der Waals surface area contributed by atoms with E-state index in [9.17, 15) is 4.79 Å². The number of hydrogen-bond acceptors (Lipinski definition) is 3. The van der Waals surface area contributed by atoms with Gasteiger partial charge in [-0.15, -0.1) is 0 Å². The van der Waals surface area contributed by atoms with Gasteiger partial charge in [0.15, 0.2) is 0 Å². The Balaban J connectivity index is 2.58. The van der Waals surface area contributed by atoms with Gasteiger partial charge in [-0.2, -0.15) is 0 Å². The minimum atomic E-state index is -0.126. The highest BCUT2D eigenvalue weighted by molar-refractivity contribution is 9.11. The Hall–Kier alpha value is -0.350. The van der Waals surface area contributed by atoms with E-state index in [0.29, 0.717) is 0 Å². The first-order valence-corrected chi connectivity index (χ1v) is 5.59. The first-order valence-electron chi connectivity index (χ1n) is 4.80. The van der Waals surface area contributed by atoms with E-state index < -0.39 is 0 Å². The molecule has 1 aliphatic heterocycles. The number of esters is 1. The summed E-state index contributed by atoms with van der Waals surface area (Å²) in [6.45, 7) is 5.46. The van der Waals surface area contributed by atoms with Gasteiger partial charge in [-0.1, -0.05) is 28.9 Å². The van der Waals surface area contributed by atoms with Crippen LogP contribution in [0.3, 0.4) is 0 Å². The van der Waals surface area contributed by atoms with Crippen molar-refractivity contribution >= 4 is 21.9 Å². The first kappa shape index (κ1) is 11.7. The Morgan fingerprint density at radius 2 is 2.36 bits per heavy atom. The molecule has 1 unspecified atom stereocenters. The standard InChI is InChI=1S/C10H16BrNO2/c1-8(11)7-12-6-4-3-5-9(12)10(13)14-2/h9H,1,3-7H2,2H3. The van der Waals surface area contributed by atoms with Crippen LogP contribution in [0.2, 0.25) is 0 Å². The van der Waals surface area contributed by atoms with Gasteiger partial charge < -0.3 is 4.74 Å². The van der Waals surface area contributed by atoms with Crippen LogP contribution in [0.15, 0.2) is 11.1 Å². The maximum atomic E-state index is 11.4. The fourth-order valence-electron chi connectivity index (χ4n) is 1.80. The number of piperidine rings is 1. The van der Waals surface area contributed by atoms with Crippen LogP contribution in [0.5, 0.6) is 0 Å². The summed E-state index contributed by atoms with van der Waals surface area (Å²) in [6, 6.07) is -0.0805. The van der Waals surface area contributed by atoms with E-state index in [1.165, 1.54) is 7.11 Å². The molecule has 3 nitrogen and oxygen atoms in total. The zero-order valence-electron chi connectivity index (χ0n) is 8.46. The molecule has 0 aliphatic carbocycles. The van der Waals surface area contributed by atoms with Crippen molar-refractivity contribution in [1.82, 2.24) is 4.90 Å². The quantitative estimate of drug-likeness (QED) is 0.728. The third kappa shape index (κ3) is 3.10. The number of methoxy groups -OCH3 is 1. The monoisotopic (exact) mass is 261 g/mol. The van der Waals surface area contributed by atoms with Crippen LogP contribution in [-0.4, -0.2) is 37.1 Å². The molecule has 0 bridgehead atoms. The lowest BCUT2D eigenvalue weighted by molar-refractivity contribution is -0.148. The Morgan fingerprint density at radius 3 is 2.93 bits per heavy atom. The smallest absolute Gasteiger partial charge is 0.323 e. The topological polar surface area (TPSA) is 29.5 Å². The molecule has 1 saturated heterocycles. The van der Waals surface area contributed by atoms with E-state index in [0.717, 1.165) is 36.8 Å². The maximum absolute atomic E-state index is 11.4. The Morgan fingerprint density at radius 1 is 1.64 bits per heavy atom. The van der Waals surface area contributed by atoms with E-state index in [1.54, 1.807) is 0 Å². The van der Waals surface area contributed by atoms with Crippen molar-refractivity contribution in [2.45, 2.75) is 25.3 Å². The molecule has 1 rings (SSSR count). The third-order valence-corrected chi connectivity index (χ3v) is 2.71. The van der Waals surface area contributed by atoms with Crippen LogP contribution in [0.1, 0.15) is 19.3 Å². The number of carbonyl (C=O) groups excluding carboxylic acids is 1. The Labute approximate surface area is 93.2 Å². The van der Waals surface area contributed by atoms with E-state index in [4.69, 9.17) is 4.74 Å². The number of ether oxygens (including phenoxy) is 1. The second-order valence-electron chi connectivity index (χ2n) is 3.52. The molecule has 4 heteroatoms. The normalized spacial score (nSPS) is 23.1. The lowest BCUT2D eigenvalue weighted by Gasteiger charge is -2.33. The highest BCUT2D eigenvalue weighted by atomic mass is 79.9. The zero-order valence-corrected chi connectivity index (χ0v) is 10.0. The summed E-state index contributed by atoms with van der Waals surface area (Å²) in [7, 11) is 1.44. The molecule has 0 N–H and O–H groups in total. The maximum Gasteiger partial charge on any atom is 0.323 e. The highest BCUT2D eigenvalue weighted by Crippen LogP contribution is 2.20.